The van der Waals surface area contributed by atoms with E-state index in [2.05, 4.69) is 4.98 Å². The van der Waals surface area contributed by atoms with Crippen molar-refractivity contribution in [2.75, 3.05) is 6.54 Å². The Morgan fingerprint density at radius 1 is 1.44 bits per heavy atom. The molecule has 18 heavy (non-hydrogen) atoms. The van der Waals surface area contributed by atoms with Crippen LogP contribution in [0.1, 0.15) is 28.6 Å². The molecule has 0 saturated heterocycles. The van der Waals surface area contributed by atoms with Crippen molar-refractivity contribution in [3.05, 3.63) is 23.5 Å². The first-order valence-electron chi connectivity index (χ1n) is 5.13. The number of nitrogens with two attached hydrogens (primary N) is 1. The number of nitrogens with one attached hydrogen (secondary N) is 1. The molecule has 1 heterocycles. The summed E-state index contributed by atoms with van der Waals surface area (Å²) in [5, 5.41) is 19.4. The number of hydrogen-bond acceptors (Lipinski definition) is 4. The minimum absolute atomic E-state index is 0.0454. The van der Waals surface area contributed by atoms with Crippen LogP contribution in [-0.4, -0.2) is 37.4 Å². The van der Waals surface area contributed by atoms with E-state index in [4.69, 9.17) is 40.5 Å². The maximum absolute atomic E-state index is 11.6. The molecule has 5 nitrogen and oxygen atoms in total. The van der Waals surface area contributed by atoms with Crippen molar-refractivity contribution in [2.24, 2.45) is 5.73 Å². The highest BCUT2D eigenvalue weighted by Crippen LogP contribution is 2.31. The number of H-pyrrole nitrogens is 1. The predicted molar refractivity (Wildman–Crippen MR) is 70.1 cm³/mol. The third-order valence-electron chi connectivity index (χ3n) is 2.38. The molecule has 0 fully saturated rings. The molecule has 102 valence electrons. The molecule has 1 aromatic heterocycles. The van der Waals surface area contributed by atoms with Crippen LogP contribution in [0.4, 0.5) is 0 Å². The zero-order valence-electron chi connectivity index (χ0n) is 9.24. The summed E-state index contributed by atoms with van der Waals surface area (Å²) >= 11 is 16.4. The smallest absolute Gasteiger partial charge is 0.254 e. The average Bonchev–Trinajstić information content (AvgIpc) is 2.75. The van der Waals surface area contributed by atoms with E-state index in [-0.39, 0.29) is 18.7 Å². The van der Waals surface area contributed by atoms with Gasteiger partial charge in [0.2, 0.25) is 5.78 Å². The number of ketones is 1. The lowest BCUT2D eigenvalue weighted by atomic mass is 10.0. The highest BCUT2D eigenvalue weighted by molar-refractivity contribution is 6.77. The number of hydrogen-bond donors (Lipinski definition) is 4. The van der Waals surface area contributed by atoms with Gasteiger partial charge < -0.3 is 20.9 Å². The van der Waals surface area contributed by atoms with Gasteiger partial charge in [-0.05, 0) is 19.0 Å². The van der Waals surface area contributed by atoms with Gasteiger partial charge >= 0.3 is 0 Å². The molecule has 0 radical (unpaired) electrons. The second kappa shape index (κ2) is 6.23. The van der Waals surface area contributed by atoms with Crippen LogP contribution >= 0.6 is 34.8 Å². The fourth-order valence-electron chi connectivity index (χ4n) is 1.42. The first kappa shape index (κ1) is 15.8. The number of aromatic nitrogens is 1. The molecular weight excluding hydrogens is 302 g/mol. The first-order chi connectivity index (χ1) is 8.27. The fraction of sp³-hybridized carbons (Fsp3) is 0.500. The van der Waals surface area contributed by atoms with Gasteiger partial charge in [0.25, 0.3) is 3.79 Å². The van der Waals surface area contributed by atoms with E-state index in [0.29, 0.717) is 5.56 Å². The lowest BCUT2D eigenvalue weighted by molar-refractivity contribution is 0.0151. The standard InChI is InChI=1S/C10H13Cl3N2O3/c11-10(12,13)9(18)6-3-5(4-15-6)8(17)7(16)1-2-14/h3-4,7-8,15-17H,1-2,14H2. The average molecular weight is 316 g/mol. The molecule has 2 atom stereocenters. The molecule has 0 spiro atoms. The van der Waals surface area contributed by atoms with Gasteiger partial charge in [0.15, 0.2) is 0 Å². The number of alkyl halides is 3. The van der Waals surface area contributed by atoms with E-state index in [0.717, 1.165) is 0 Å². The monoisotopic (exact) mass is 314 g/mol. The Hall–Kier alpha value is -0.300. The second-order valence-electron chi connectivity index (χ2n) is 3.76. The SMILES string of the molecule is NCCC(O)C(O)c1c[nH]c(C(=O)C(Cl)(Cl)Cl)c1. The highest BCUT2D eigenvalue weighted by Gasteiger charge is 2.33. The van der Waals surface area contributed by atoms with E-state index >= 15 is 0 Å². The lowest BCUT2D eigenvalue weighted by Crippen LogP contribution is -2.21. The van der Waals surface area contributed by atoms with Crippen molar-refractivity contribution in [3.8, 4) is 0 Å². The summed E-state index contributed by atoms with van der Waals surface area (Å²) in [5.74, 6) is -0.737. The fourth-order valence-corrected chi connectivity index (χ4v) is 1.72. The Kier molecular flexibility index (Phi) is 5.46. The zero-order valence-corrected chi connectivity index (χ0v) is 11.5. The number of rotatable bonds is 5. The third-order valence-corrected chi connectivity index (χ3v) is 2.89. The van der Waals surface area contributed by atoms with Crippen LogP contribution in [0.5, 0.6) is 0 Å². The minimum Gasteiger partial charge on any atom is -0.390 e. The molecule has 0 saturated carbocycles. The van der Waals surface area contributed by atoms with Gasteiger partial charge in [-0.2, -0.15) is 0 Å². The largest absolute Gasteiger partial charge is 0.390 e. The molecule has 1 rings (SSSR count). The van der Waals surface area contributed by atoms with Crippen LogP contribution < -0.4 is 5.73 Å². The molecule has 5 N–H and O–H groups in total. The molecule has 0 amide bonds. The van der Waals surface area contributed by atoms with Crippen molar-refractivity contribution >= 4 is 40.6 Å². The molecule has 8 heteroatoms. The van der Waals surface area contributed by atoms with Gasteiger partial charge in [-0.15, -0.1) is 0 Å². The summed E-state index contributed by atoms with van der Waals surface area (Å²) in [7, 11) is 0. The number of Topliss-reactive ketones (excluding diaryl/α,β-unsaturated/α-hetero) is 1. The molecule has 0 bridgehead atoms. The molecular formula is C10H13Cl3N2O3. The Bertz CT molecular complexity index is 417. The van der Waals surface area contributed by atoms with Crippen molar-refractivity contribution in [2.45, 2.75) is 22.4 Å². The van der Waals surface area contributed by atoms with Crippen LogP contribution in [0.2, 0.25) is 0 Å². The number of carbonyl (C=O) groups excluding carboxylic acids is 1. The minimum atomic E-state index is -2.07. The number of aliphatic hydroxyl groups excluding tert-OH is 2. The van der Waals surface area contributed by atoms with Gasteiger partial charge in [-0.1, -0.05) is 34.8 Å². The van der Waals surface area contributed by atoms with Crippen LogP contribution in [0.15, 0.2) is 12.3 Å². The number of carbonyl (C=O) groups is 1. The topological polar surface area (TPSA) is 99.3 Å². The summed E-state index contributed by atoms with van der Waals surface area (Å²) in [4.78, 5) is 14.2. The summed E-state index contributed by atoms with van der Waals surface area (Å²) in [6.45, 7) is 0.239. The summed E-state index contributed by atoms with van der Waals surface area (Å²) in [6, 6.07) is 1.33. The quantitative estimate of drug-likeness (QED) is 0.486. The Balaban J connectivity index is 2.83. The van der Waals surface area contributed by atoms with Crippen LogP contribution in [-0.2, 0) is 0 Å². The van der Waals surface area contributed by atoms with Crippen molar-refractivity contribution in [1.82, 2.24) is 4.98 Å². The van der Waals surface area contributed by atoms with Gasteiger partial charge in [0, 0.05) is 11.8 Å². The third kappa shape index (κ3) is 3.85. The van der Waals surface area contributed by atoms with Gasteiger partial charge in [0.1, 0.15) is 6.10 Å². The zero-order chi connectivity index (χ0) is 13.9. The van der Waals surface area contributed by atoms with Crippen molar-refractivity contribution in [1.29, 1.82) is 0 Å². The van der Waals surface area contributed by atoms with E-state index in [9.17, 15) is 15.0 Å². The molecule has 0 aliphatic heterocycles. The van der Waals surface area contributed by atoms with Crippen LogP contribution in [0, 0.1) is 0 Å². The van der Waals surface area contributed by atoms with Crippen molar-refractivity contribution in [3.63, 3.8) is 0 Å². The summed E-state index contributed by atoms with van der Waals surface area (Å²) < 4.78 is -2.07. The maximum Gasteiger partial charge on any atom is 0.254 e. The molecule has 0 aliphatic rings. The molecule has 0 aliphatic carbocycles. The van der Waals surface area contributed by atoms with Gasteiger partial charge in [0.05, 0.1) is 11.8 Å². The number of aliphatic hydroxyl groups is 2. The lowest BCUT2D eigenvalue weighted by Gasteiger charge is -2.15. The highest BCUT2D eigenvalue weighted by atomic mass is 35.6. The van der Waals surface area contributed by atoms with E-state index in [1.165, 1.54) is 12.3 Å². The normalized spacial score (nSPS) is 15.4. The summed E-state index contributed by atoms with van der Waals surface area (Å²) in [6.07, 6.45) is -0.558. The number of aromatic amines is 1. The Morgan fingerprint density at radius 3 is 2.56 bits per heavy atom. The predicted octanol–water partition coefficient (Wildman–Crippen LogP) is 1.31. The maximum atomic E-state index is 11.6. The van der Waals surface area contributed by atoms with Gasteiger partial charge in [-0.3, -0.25) is 4.79 Å². The van der Waals surface area contributed by atoms with E-state index in [1.54, 1.807) is 0 Å². The molecule has 0 aromatic carbocycles. The summed E-state index contributed by atoms with van der Waals surface area (Å²) in [5.41, 5.74) is 5.64. The van der Waals surface area contributed by atoms with Gasteiger partial charge in [-0.25, -0.2) is 0 Å². The van der Waals surface area contributed by atoms with E-state index in [1.807, 2.05) is 0 Å². The van der Waals surface area contributed by atoms with Crippen LogP contribution in [0.3, 0.4) is 0 Å². The second-order valence-corrected chi connectivity index (χ2v) is 6.04. The van der Waals surface area contributed by atoms with Crippen molar-refractivity contribution < 1.29 is 15.0 Å². The van der Waals surface area contributed by atoms with Crippen LogP contribution in [0.25, 0.3) is 0 Å². The van der Waals surface area contributed by atoms with E-state index < -0.39 is 21.8 Å². The Morgan fingerprint density at radius 2 is 2.06 bits per heavy atom. The number of halogens is 3. The molecule has 1 aromatic rings. The molecule has 2 unspecified atom stereocenters. The Labute approximate surface area is 119 Å². The first-order valence-corrected chi connectivity index (χ1v) is 6.26.